The van der Waals surface area contributed by atoms with E-state index >= 15 is 0 Å². The topological polar surface area (TPSA) is 84.9 Å². The number of anilines is 3. The van der Waals surface area contributed by atoms with Gasteiger partial charge in [-0.2, -0.15) is 9.97 Å². The second kappa shape index (κ2) is 5.55. The summed E-state index contributed by atoms with van der Waals surface area (Å²) in [5.74, 6) is 2.73. The Morgan fingerprint density at radius 1 is 1.42 bits per heavy atom. The summed E-state index contributed by atoms with van der Waals surface area (Å²) in [4.78, 5) is 14.7. The van der Waals surface area contributed by atoms with E-state index in [1.54, 1.807) is 6.20 Å². The van der Waals surface area contributed by atoms with E-state index in [4.69, 9.17) is 5.73 Å². The molecule has 0 aliphatic carbocycles. The molecule has 3 N–H and O–H groups in total. The van der Waals surface area contributed by atoms with Crippen molar-refractivity contribution in [1.82, 2.24) is 19.5 Å². The van der Waals surface area contributed by atoms with Gasteiger partial charge in [-0.1, -0.05) is 0 Å². The summed E-state index contributed by atoms with van der Waals surface area (Å²) in [6, 6.07) is 1.88. The van der Waals surface area contributed by atoms with Gasteiger partial charge in [-0.25, -0.2) is 4.98 Å². The van der Waals surface area contributed by atoms with Gasteiger partial charge >= 0.3 is 0 Å². The van der Waals surface area contributed by atoms with Crippen LogP contribution in [0, 0.1) is 0 Å². The zero-order valence-corrected chi connectivity index (χ0v) is 11.5. The Labute approximate surface area is 112 Å². The van der Waals surface area contributed by atoms with Crippen LogP contribution in [0.2, 0.25) is 0 Å². The summed E-state index contributed by atoms with van der Waals surface area (Å²) in [6.07, 6.45) is 3.70. The molecule has 0 radical (unpaired) electrons. The minimum absolute atomic E-state index is 0.264. The first-order valence-corrected chi connectivity index (χ1v) is 6.16. The van der Waals surface area contributed by atoms with E-state index in [9.17, 15) is 0 Å². The quantitative estimate of drug-likeness (QED) is 0.830. The molecular formula is C12H19N7. The summed E-state index contributed by atoms with van der Waals surface area (Å²) in [5, 5.41) is 3.14. The average Bonchev–Trinajstić information content (AvgIpc) is 2.75. The minimum atomic E-state index is 0.264. The van der Waals surface area contributed by atoms with Gasteiger partial charge in [0.05, 0.1) is 6.54 Å². The maximum Gasteiger partial charge on any atom is 0.223 e. The van der Waals surface area contributed by atoms with Crippen LogP contribution < -0.4 is 16.0 Å². The molecule has 7 nitrogen and oxygen atoms in total. The predicted molar refractivity (Wildman–Crippen MR) is 75.9 cm³/mol. The molecule has 0 spiro atoms. The van der Waals surface area contributed by atoms with Gasteiger partial charge in [-0.15, -0.1) is 0 Å². The minimum Gasteiger partial charge on any atom is -0.370 e. The van der Waals surface area contributed by atoms with Gasteiger partial charge in [-0.3, -0.25) is 0 Å². The van der Waals surface area contributed by atoms with Crippen LogP contribution in [0.25, 0.3) is 0 Å². The first-order valence-electron chi connectivity index (χ1n) is 6.16. The van der Waals surface area contributed by atoms with Crippen LogP contribution in [-0.2, 0) is 13.6 Å². The van der Waals surface area contributed by atoms with E-state index in [1.807, 2.05) is 42.7 Å². The van der Waals surface area contributed by atoms with Crippen molar-refractivity contribution in [2.24, 2.45) is 7.05 Å². The maximum absolute atomic E-state index is 5.72. The molecule has 0 aromatic carbocycles. The van der Waals surface area contributed by atoms with E-state index in [2.05, 4.69) is 20.3 Å². The van der Waals surface area contributed by atoms with Crippen LogP contribution >= 0.6 is 0 Å². The lowest BCUT2D eigenvalue weighted by Gasteiger charge is -2.18. The summed E-state index contributed by atoms with van der Waals surface area (Å²) in [7, 11) is 3.92. The first-order chi connectivity index (χ1) is 9.10. The number of nitrogens with one attached hydrogen (secondary N) is 1. The molecule has 2 aromatic heterocycles. The molecule has 0 saturated heterocycles. The molecule has 7 heteroatoms. The lowest BCUT2D eigenvalue weighted by Crippen LogP contribution is -2.21. The Morgan fingerprint density at radius 3 is 2.84 bits per heavy atom. The fourth-order valence-corrected chi connectivity index (χ4v) is 1.76. The fraction of sp³-hybridized carbons (Fsp3) is 0.417. The van der Waals surface area contributed by atoms with Gasteiger partial charge in [0.25, 0.3) is 0 Å². The number of nitrogen functional groups attached to an aromatic ring is 1. The van der Waals surface area contributed by atoms with Crippen LogP contribution in [0.5, 0.6) is 0 Å². The summed E-state index contributed by atoms with van der Waals surface area (Å²) in [6.45, 7) is 3.46. The molecule has 0 unspecified atom stereocenters. The molecular weight excluding hydrogens is 242 g/mol. The molecule has 19 heavy (non-hydrogen) atoms. The van der Waals surface area contributed by atoms with Gasteiger partial charge in [0.15, 0.2) is 0 Å². The smallest absolute Gasteiger partial charge is 0.223 e. The predicted octanol–water partition coefficient (Wildman–Crippen LogP) is 0.860. The van der Waals surface area contributed by atoms with E-state index in [0.717, 1.165) is 24.0 Å². The van der Waals surface area contributed by atoms with Crippen molar-refractivity contribution in [3.05, 3.63) is 24.3 Å². The van der Waals surface area contributed by atoms with Crippen LogP contribution in [0.4, 0.5) is 17.6 Å². The molecule has 0 saturated carbocycles. The molecule has 0 amide bonds. The average molecular weight is 261 g/mol. The third-order valence-electron chi connectivity index (χ3n) is 2.78. The summed E-state index contributed by atoms with van der Waals surface area (Å²) in [5.41, 5.74) is 5.72. The van der Waals surface area contributed by atoms with Crippen LogP contribution in [0.3, 0.4) is 0 Å². The van der Waals surface area contributed by atoms with Gasteiger partial charge in [0.2, 0.25) is 5.95 Å². The highest BCUT2D eigenvalue weighted by molar-refractivity contribution is 5.52. The SMILES string of the molecule is CCNc1cc(N(C)Cc2nccn2C)nc(N)n1. The second-order valence-corrected chi connectivity index (χ2v) is 4.31. The molecule has 0 fully saturated rings. The number of imidazole rings is 1. The van der Waals surface area contributed by atoms with Crippen molar-refractivity contribution in [2.45, 2.75) is 13.5 Å². The molecule has 0 aliphatic rings. The Morgan fingerprint density at radius 2 is 2.21 bits per heavy atom. The van der Waals surface area contributed by atoms with Gasteiger partial charge in [0.1, 0.15) is 17.5 Å². The zero-order chi connectivity index (χ0) is 13.8. The molecule has 0 atom stereocenters. The Kier molecular flexibility index (Phi) is 3.84. The van der Waals surface area contributed by atoms with E-state index in [-0.39, 0.29) is 5.95 Å². The van der Waals surface area contributed by atoms with E-state index in [1.165, 1.54) is 0 Å². The van der Waals surface area contributed by atoms with Crippen LogP contribution in [0.15, 0.2) is 18.5 Å². The van der Waals surface area contributed by atoms with Crippen molar-refractivity contribution >= 4 is 17.6 Å². The van der Waals surface area contributed by atoms with Crippen molar-refractivity contribution in [2.75, 3.05) is 29.5 Å². The summed E-state index contributed by atoms with van der Waals surface area (Å²) < 4.78 is 1.98. The zero-order valence-electron chi connectivity index (χ0n) is 11.5. The number of aryl methyl sites for hydroxylation is 1. The highest BCUT2D eigenvalue weighted by Crippen LogP contribution is 2.17. The highest BCUT2D eigenvalue weighted by Gasteiger charge is 2.09. The van der Waals surface area contributed by atoms with Gasteiger partial charge in [-0.05, 0) is 6.92 Å². The Balaban J connectivity index is 2.18. The third-order valence-corrected chi connectivity index (χ3v) is 2.78. The standard InChI is InChI=1S/C12H19N7/c1-4-14-9-7-10(17-12(13)16-9)19(3)8-11-15-5-6-18(11)2/h5-7H,4,8H2,1-3H3,(H3,13,14,16,17). The number of nitrogens with zero attached hydrogens (tertiary/aromatic N) is 5. The van der Waals surface area contributed by atoms with Gasteiger partial charge in [0, 0.05) is 39.1 Å². The fourth-order valence-electron chi connectivity index (χ4n) is 1.76. The Bertz CT molecular complexity index is 549. The van der Waals surface area contributed by atoms with Gasteiger partial charge < -0.3 is 20.5 Å². The number of aromatic nitrogens is 4. The molecule has 2 heterocycles. The lowest BCUT2D eigenvalue weighted by molar-refractivity contribution is 0.755. The number of hydrogen-bond donors (Lipinski definition) is 2. The lowest BCUT2D eigenvalue weighted by atomic mass is 10.4. The largest absolute Gasteiger partial charge is 0.370 e. The second-order valence-electron chi connectivity index (χ2n) is 4.31. The number of rotatable bonds is 5. The first kappa shape index (κ1) is 13.1. The van der Waals surface area contributed by atoms with Crippen LogP contribution in [0.1, 0.15) is 12.7 Å². The van der Waals surface area contributed by atoms with Crippen molar-refractivity contribution < 1.29 is 0 Å². The normalized spacial score (nSPS) is 10.5. The number of nitrogens with two attached hydrogens (primary N) is 1. The number of hydrogen-bond acceptors (Lipinski definition) is 6. The monoisotopic (exact) mass is 261 g/mol. The van der Waals surface area contributed by atoms with Crippen molar-refractivity contribution in [3.63, 3.8) is 0 Å². The summed E-state index contributed by atoms with van der Waals surface area (Å²) >= 11 is 0. The van der Waals surface area contributed by atoms with Crippen molar-refractivity contribution in [1.29, 1.82) is 0 Å². The van der Waals surface area contributed by atoms with Crippen LogP contribution in [-0.4, -0.2) is 33.1 Å². The Hall–Kier alpha value is -2.31. The molecule has 102 valence electrons. The molecule has 2 aromatic rings. The molecule has 0 aliphatic heterocycles. The maximum atomic E-state index is 5.72. The van der Waals surface area contributed by atoms with E-state index in [0.29, 0.717) is 6.54 Å². The highest BCUT2D eigenvalue weighted by atomic mass is 15.2. The molecule has 2 rings (SSSR count). The van der Waals surface area contributed by atoms with E-state index < -0.39 is 0 Å². The molecule has 0 bridgehead atoms. The van der Waals surface area contributed by atoms with Crippen molar-refractivity contribution in [3.8, 4) is 0 Å². The third kappa shape index (κ3) is 3.12.